The summed E-state index contributed by atoms with van der Waals surface area (Å²) in [5.74, 6) is 0.606. The quantitative estimate of drug-likeness (QED) is 0.928. The van der Waals surface area contributed by atoms with Crippen LogP contribution in [0, 0.1) is 5.92 Å². The van der Waals surface area contributed by atoms with Gasteiger partial charge in [0.15, 0.2) is 0 Å². The Morgan fingerprint density at radius 2 is 1.95 bits per heavy atom. The maximum absolute atomic E-state index is 11.9. The molecule has 1 heterocycles. The third-order valence-electron chi connectivity index (χ3n) is 3.62. The van der Waals surface area contributed by atoms with E-state index in [4.69, 9.17) is 4.42 Å². The Hall–Kier alpha value is -2.17. The van der Waals surface area contributed by atoms with Gasteiger partial charge in [-0.05, 0) is 18.4 Å². The van der Waals surface area contributed by atoms with Gasteiger partial charge < -0.3 is 4.42 Å². The Labute approximate surface area is 117 Å². The summed E-state index contributed by atoms with van der Waals surface area (Å²) in [6, 6.07) is 10.1. The summed E-state index contributed by atoms with van der Waals surface area (Å²) in [5, 5.41) is 10.5. The fourth-order valence-electron chi connectivity index (χ4n) is 2.54. The van der Waals surface area contributed by atoms with Crippen molar-refractivity contribution in [2.24, 2.45) is 5.92 Å². The van der Waals surface area contributed by atoms with Crippen molar-refractivity contribution in [1.29, 1.82) is 0 Å². The molecule has 0 spiro atoms. The van der Waals surface area contributed by atoms with Crippen molar-refractivity contribution in [2.75, 3.05) is 5.32 Å². The highest BCUT2D eigenvalue weighted by atomic mass is 16.4. The van der Waals surface area contributed by atoms with Crippen molar-refractivity contribution in [3.63, 3.8) is 0 Å². The van der Waals surface area contributed by atoms with Crippen LogP contribution in [0.2, 0.25) is 0 Å². The Morgan fingerprint density at radius 1 is 1.20 bits per heavy atom. The van der Waals surface area contributed by atoms with E-state index in [2.05, 4.69) is 15.5 Å². The molecule has 104 valence electrons. The van der Waals surface area contributed by atoms with Crippen molar-refractivity contribution in [1.82, 2.24) is 10.2 Å². The van der Waals surface area contributed by atoms with E-state index in [1.807, 2.05) is 30.3 Å². The molecule has 0 saturated heterocycles. The fourth-order valence-corrected chi connectivity index (χ4v) is 2.54. The molecule has 1 N–H and O–H groups in total. The highest BCUT2D eigenvalue weighted by molar-refractivity contribution is 5.90. The summed E-state index contributed by atoms with van der Waals surface area (Å²) in [5.41, 5.74) is 1.10. The largest absolute Gasteiger partial charge is 0.407 e. The summed E-state index contributed by atoms with van der Waals surface area (Å²) >= 11 is 0. The van der Waals surface area contributed by atoms with E-state index in [9.17, 15) is 4.79 Å². The fraction of sp³-hybridized carbons (Fsp3) is 0.400. The SMILES string of the molecule is O=C(Nc1nnc(Cc2ccccc2)o1)C1CCCC1. The molecule has 2 aromatic rings. The molecule has 0 bridgehead atoms. The van der Waals surface area contributed by atoms with E-state index in [0.717, 1.165) is 31.2 Å². The molecule has 0 unspecified atom stereocenters. The summed E-state index contributed by atoms with van der Waals surface area (Å²) in [7, 11) is 0. The van der Waals surface area contributed by atoms with Crippen molar-refractivity contribution in [3.05, 3.63) is 41.8 Å². The number of anilines is 1. The van der Waals surface area contributed by atoms with Crippen LogP contribution < -0.4 is 5.32 Å². The predicted molar refractivity (Wildman–Crippen MR) is 74.1 cm³/mol. The van der Waals surface area contributed by atoms with Crippen LogP contribution in [0.5, 0.6) is 0 Å². The van der Waals surface area contributed by atoms with Crippen LogP contribution in [0.25, 0.3) is 0 Å². The highest BCUT2D eigenvalue weighted by Gasteiger charge is 2.24. The molecule has 20 heavy (non-hydrogen) atoms. The van der Waals surface area contributed by atoms with Gasteiger partial charge in [0.05, 0.1) is 6.42 Å². The van der Waals surface area contributed by atoms with Gasteiger partial charge in [-0.25, -0.2) is 0 Å². The molecule has 3 rings (SSSR count). The normalized spacial score (nSPS) is 15.4. The molecule has 0 atom stereocenters. The van der Waals surface area contributed by atoms with E-state index >= 15 is 0 Å². The highest BCUT2D eigenvalue weighted by Crippen LogP contribution is 2.25. The smallest absolute Gasteiger partial charge is 0.322 e. The lowest BCUT2D eigenvalue weighted by atomic mass is 10.1. The van der Waals surface area contributed by atoms with Gasteiger partial charge in [-0.2, -0.15) is 0 Å². The lowest BCUT2D eigenvalue weighted by Crippen LogP contribution is -2.20. The number of carbonyl (C=O) groups is 1. The third kappa shape index (κ3) is 3.04. The number of nitrogens with one attached hydrogen (secondary N) is 1. The Morgan fingerprint density at radius 3 is 2.70 bits per heavy atom. The first-order valence-corrected chi connectivity index (χ1v) is 6.98. The number of nitrogens with zero attached hydrogens (tertiary/aromatic N) is 2. The van der Waals surface area contributed by atoms with E-state index in [1.165, 1.54) is 0 Å². The van der Waals surface area contributed by atoms with Gasteiger partial charge in [-0.1, -0.05) is 48.3 Å². The molecule has 1 aromatic carbocycles. The van der Waals surface area contributed by atoms with Gasteiger partial charge in [-0.3, -0.25) is 10.1 Å². The summed E-state index contributed by atoms with van der Waals surface area (Å²) in [6.07, 6.45) is 4.74. The minimum absolute atomic E-state index is 0.00240. The number of benzene rings is 1. The molecule has 1 amide bonds. The number of hydrogen-bond acceptors (Lipinski definition) is 4. The number of hydrogen-bond donors (Lipinski definition) is 1. The molecule has 1 aromatic heterocycles. The molecule has 5 nitrogen and oxygen atoms in total. The third-order valence-corrected chi connectivity index (χ3v) is 3.62. The van der Waals surface area contributed by atoms with Gasteiger partial charge in [0.1, 0.15) is 0 Å². The first-order chi connectivity index (χ1) is 9.81. The Kier molecular flexibility index (Phi) is 3.76. The predicted octanol–water partition coefficient (Wildman–Crippen LogP) is 2.79. The second-order valence-electron chi connectivity index (χ2n) is 5.13. The zero-order valence-electron chi connectivity index (χ0n) is 11.2. The zero-order valence-corrected chi connectivity index (χ0v) is 11.2. The van der Waals surface area contributed by atoms with Gasteiger partial charge in [0.2, 0.25) is 11.8 Å². The number of aromatic nitrogens is 2. The lowest BCUT2D eigenvalue weighted by molar-refractivity contribution is -0.119. The summed E-state index contributed by atoms with van der Waals surface area (Å²) in [6.45, 7) is 0. The number of rotatable bonds is 4. The molecule has 0 radical (unpaired) electrons. The maximum Gasteiger partial charge on any atom is 0.322 e. The van der Waals surface area contributed by atoms with Crippen LogP contribution in [-0.2, 0) is 11.2 Å². The average molecular weight is 271 g/mol. The molecule has 5 heteroatoms. The monoisotopic (exact) mass is 271 g/mol. The van der Waals surface area contributed by atoms with Crippen molar-refractivity contribution >= 4 is 11.9 Å². The topological polar surface area (TPSA) is 68.0 Å². The van der Waals surface area contributed by atoms with Crippen LogP contribution in [0.1, 0.15) is 37.1 Å². The second-order valence-corrected chi connectivity index (χ2v) is 5.13. The van der Waals surface area contributed by atoms with Crippen molar-refractivity contribution in [2.45, 2.75) is 32.1 Å². The zero-order chi connectivity index (χ0) is 13.8. The number of carbonyl (C=O) groups excluding carboxylic acids is 1. The van der Waals surface area contributed by atoms with Gasteiger partial charge in [0.25, 0.3) is 0 Å². The van der Waals surface area contributed by atoms with E-state index < -0.39 is 0 Å². The summed E-state index contributed by atoms with van der Waals surface area (Å²) in [4.78, 5) is 11.9. The van der Waals surface area contributed by atoms with Gasteiger partial charge in [-0.15, -0.1) is 5.10 Å². The minimum Gasteiger partial charge on any atom is -0.407 e. The second kappa shape index (κ2) is 5.86. The molecule has 0 aliphatic heterocycles. The van der Waals surface area contributed by atoms with E-state index in [0.29, 0.717) is 12.3 Å². The van der Waals surface area contributed by atoms with Gasteiger partial charge in [0, 0.05) is 5.92 Å². The van der Waals surface area contributed by atoms with Crippen molar-refractivity contribution in [3.8, 4) is 0 Å². The molecular formula is C15H17N3O2. The molecule has 1 saturated carbocycles. The lowest BCUT2D eigenvalue weighted by Gasteiger charge is -2.06. The van der Waals surface area contributed by atoms with Gasteiger partial charge >= 0.3 is 6.01 Å². The molecular weight excluding hydrogens is 254 g/mol. The minimum atomic E-state index is -0.00240. The van der Waals surface area contributed by atoms with E-state index in [-0.39, 0.29) is 17.8 Å². The van der Waals surface area contributed by atoms with Crippen LogP contribution in [-0.4, -0.2) is 16.1 Å². The first-order valence-electron chi connectivity index (χ1n) is 6.98. The average Bonchev–Trinajstić information content (AvgIpc) is 3.11. The Bertz CT molecular complexity index is 574. The Balaban J connectivity index is 1.60. The van der Waals surface area contributed by atoms with Crippen LogP contribution in [0.4, 0.5) is 6.01 Å². The molecule has 1 aliphatic carbocycles. The standard InChI is InChI=1S/C15H17N3O2/c19-14(12-8-4-5-9-12)16-15-18-17-13(20-15)10-11-6-2-1-3-7-11/h1-3,6-7,12H,4-5,8-10H2,(H,16,18,19). The van der Waals surface area contributed by atoms with Crippen LogP contribution >= 0.6 is 0 Å². The first kappa shape index (κ1) is 12.8. The maximum atomic E-state index is 11.9. The van der Waals surface area contributed by atoms with Crippen LogP contribution in [0.3, 0.4) is 0 Å². The van der Waals surface area contributed by atoms with Crippen LogP contribution in [0.15, 0.2) is 34.7 Å². The molecule has 1 fully saturated rings. The van der Waals surface area contributed by atoms with E-state index in [1.54, 1.807) is 0 Å². The molecule has 1 aliphatic rings. The van der Waals surface area contributed by atoms with Crippen molar-refractivity contribution < 1.29 is 9.21 Å². The summed E-state index contributed by atoms with van der Waals surface area (Å²) < 4.78 is 5.46. The number of amides is 1.